The van der Waals surface area contributed by atoms with Gasteiger partial charge >= 0.3 is 11.4 Å². The Bertz CT molecular complexity index is 1230. The maximum absolute atomic E-state index is 13.0. The van der Waals surface area contributed by atoms with Gasteiger partial charge in [-0.1, -0.05) is 0 Å². The second-order valence-corrected chi connectivity index (χ2v) is 8.42. The fraction of sp³-hybridized carbons (Fsp3) is 0.238. The zero-order chi connectivity index (χ0) is 23.5. The van der Waals surface area contributed by atoms with Crippen LogP contribution in [0.5, 0.6) is 5.75 Å². The third kappa shape index (κ3) is 4.60. The summed E-state index contributed by atoms with van der Waals surface area (Å²) >= 11 is 1.36. The molecule has 2 heterocycles. The molecule has 0 atom stereocenters. The predicted molar refractivity (Wildman–Crippen MR) is 120 cm³/mol. The molecule has 0 fully saturated rings. The molecule has 2 N–H and O–H groups in total. The minimum atomic E-state index is -1.02. The molecule has 0 bridgehead atoms. The number of nitrogens with zero attached hydrogens (tertiary/aromatic N) is 3. The van der Waals surface area contributed by atoms with Gasteiger partial charge in [0.05, 0.1) is 28.2 Å². The lowest BCUT2D eigenvalue weighted by molar-refractivity contribution is -0.396. The van der Waals surface area contributed by atoms with Crippen LogP contribution in [0, 0.1) is 20.2 Å². The molecule has 33 heavy (non-hydrogen) atoms. The third-order valence-corrected chi connectivity index (χ3v) is 6.40. The average molecular weight is 470 g/mol. The van der Waals surface area contributed by atoms with Gasteiger partial charge in [-0.05, 0) is 43.4 Å². The van der Waals surface area contributed by atoms with Gasteiger partial charge in [-0.2, -0.15) is 0 Å². The van der Waals surface area contributed by atoms with Crippen LogP contribution in [0.15, 0.2) is 39.9 Å². The highest BCUT2D eigenvalue weighted by molar-refractivity contribution is 7.16. The molecule has 4 rings (SSSR count). The first-order valence-corrected chi connectivity index (χ1v) is 10.8. The fourth-order valence-corrected chi connectivity index (χ4v) is 4.89. The smallest absolute Gasteiger partial charge is 0.318 e. The molecule has 11 nitrogen and oxygen atoms in total. The van der Waals surface area contributed by atoms with Gasteiger partial charge in [-0.25, -0.2) is 4.99 Å². The van der Waals surface area contributed by atoms with Crippen molar-refractivity contribution >= 4 is 39.8 Å². The summed E-state index contributed by atoms with van der Waals surface area (Å²) in [6.45, 7) is 0.204. The first-order chi connectivity index (χ1) is 15.8. The van der Waals surface area contributed by atoms with E-state index in [1.807, 2.05) is 0 Å². The zero-order valence-electron chi connectivity index (χ0n) is 17.1. The van der Waals surface area contributed by atoms with E-state index in [0.29, 0.717) is 16.3 Å². The molecule has 1 amide bonds. The van der Waals surface area contributed by atoms with Crippen molar-refractivity contribution in [3.05, 3.63) is 78.1 Å². The summed E-state index contributed by atoms with van der Waals surface area (Å²) in [6.07, 6.45) is 6.24. The Morgan fingerprint density at radius 3 is 2.55 bits per heavy atom. The first kappa shape index (κ1) is 22.1. The number of benzene rings is 1. The second-order valence-electron chi connectivity index (χ2n) is 7.33. The van der Waals surface area contributed by atoms with Crippen LogP contribution in [0.25, 0.3) is 0 Å². The number of fused-ring (bicyclic) bond motifs is 1. The number of aryl methyl sites for hydroxylation is 1. The van der Waals surface area contributed by atoms with E-state index >= 15 is 0 Å². The highest BCUT2D eigenvalue weighted by atomic mass is 32.1. The molecule has 0 saturated heterocycles. The van der Waals surface area contributed by atoms with Gasteiger partial charge in [-0.15, -0.1) is 11.3 Å². The number of carbonyl (C=O) groups is 1. The highest BCUT2D eigenvalue weighted by Gasteiger charge is 2.27. The van der Waals surface area contributed by atoms with Crippen LogP contribution in [-0.4, -0.2) is 27.1 Å². The Morgan fingerprint density at radius 1 is 1.21 bits per heavy atom. The molecule has 2 aromatic heterocycles. The molecule has 1 aliphatic carbocycles. The first-order valence-electron chi connectivity index (χ1n) is 10.00. The monoisotopic (exact) mass is 470 g/mol. The average Bonchev–Trinajstić information content (AvgIpc) is 3.43. The summed E-state index contributed by atoms with van der Waals surface area (Å²) < 4.78 is 5.25. The van der Waals surface area contributed by atoms with Gasteiger partial charge in [0.25, 0.3) is 11.7 Å². The van der Waals surface area contributed by atoms with Crippen molar-refractivity contribution in [2.75, 3.05) is 0 Å². The lowest BCUT2D eigenvalue weighted by atomic mass is 9.95. The molecular weight excluding hydrogens is 452 g/mol. The number of aliphatic imine (C=N–C) groups is 1. The predicted octanol–water partition coefficient (Wildman–Crippen LogP) is 4.42. The molecule has 1 aromatic carbocycles. The van der Waals surface area contributed by atoms with Gasteiger partial charge in [0, 0.05) is 28.8 Å². The molecule has 170 valence electrons. The highest BCUT2D eigenvalue weighted by Crippen LogP contribution is 2.40. The van der Waals surface area contributed by atoms with Crippen molar-refractivity contribution in [1.82, 2.24) is 5.32 Å². The Kier molecular flexibility index (Phi) is 6.18. The summed E-state index contributed by atoms with van der Waals surface area (Å²) in [7, 11) is 0. The minimum absolute atomic E-state index is 0.0551. The van der Waals surface area contributed by atoms with Crippen molar-refractivity contribution in [3.8, 4) is 5.75 Å². The summed E-state index contributed by atoms with van der Waals surface area (Å²) in [5.74, 6) is -0.742. The minimum Gasteiger partial charge on any atom is -0.497 e. The maximum atomic E-state index is 13.0. The molecule has 0 radical (unpaired) electrons. The van der Waals surface area contributed by atoms with Crippen LogP contribution in [0.2, 0.25) is 0 Å². The van der Waals surface area contributed by atoms with Crippen LogP contribution >= 0.6 is 11.3 Å². The molecule has 12 heteroatoms. The van der Waals surface area contributed by atoms with Crippen molar-refractivity contribution in [2.45, 2.75) is 32.2 Å². The Labute approximate surface area is 190 Å². The third-order valence-electron chi connectivity index (χ3n) is 5.20. The van der Waals surface area contributed by atoms with E-state index in [1.165, 1.54) is 23.8 Å². The van der Waals surface area contributed by atoms with Gasteiger partial charge < -0.3 is 14.8 Å². The van der Waals surface area contributed by atoms with E-state index in [0.717, 1.165) is 48.3 Å². The largest absolute Gasteiger partial charge is 0.497 e. The van der Waals surface area contributed by atoms with E-state index in [9.17, 15) is 30.1 Å². The molecular formula is C21H18N4O7S. The number of furan rings is 1. The maximum Gasteiger partial charge on any atom is 0.318 e. The number of hydrogen-bond acceptors (Lipinski definition) is 9. The number of carbonyl (C=O) groups excluding carboxylic acids is 1. The van der Waals surface area contributed by atoms with Crippen LogP contribution in [0.3, 0.4) is 0 Å². The summed E-state index contributed by atoms with van der Waals surface area (Å²) in [5.41, 5.74) is -0.183. The SMILES string of the molecule is O=C(NCc1ccco1)c1c(N=Cc2cc([N+](=O)[O-])c(O)c([N+](=O)[O-])c2)sc2c1CCCC2. The zero-order valence-corrected chi connectivity index (χ0v) is 18.0. The number of nitro benzene ring substituents is 2. The summed E-state index contributed by atoms with van der Waals surface area (Å²) in [6, 6.07) is 5.46. The molecule has 0 spiro atoms. The number of hydrogen-bond donors (Lipinski definition) is 2. The summed E-state index contributed by atoms with van der Waals surface area (Å²) in [4.78, 5) is 39.0. The molecule has 1 aliphatic rings. The molecule has 0 unspecified atom stereocenters. The lowest BCUT2D eigenvalue weighted by Gasteiger charge is -2.12. The van der Waals surface area contributed by atoms with Gasteiger partial charge in [0.2, 0.25) is 0 Å². The van der Waals surface area contributed by atoms with Gasteiger partial charge in [0.1, 0.15) is 10.8 Å². The van der Waals surface area contributed by atoms with E-state index in [-0.39, 0.29) is 18.0 Å². The number of phenols is 1. The van der Waals surface area contributed by atoms with E-state index in [4.69, 9.17) is 4.42 Å². The summed E-state index contributed by atoms with van der Waals surface area (Å²) in [5, 5.41) is 35.4. The number of nitro groups is 2. The van der Waals surface area contributed by atoms with E-state index < -0.39 is 27.0 Å². The van der Waals surface area contributed by atoms with Crippen LogP contribution in [0.1, 0.15) is 45.0 Å². The normalized spacial score (nSPS) is 13.1. The number of aromatic hydroxyl groups is 1. The van der Waals surface area contributed by atoms with Crippen molar-refractivity contribution in [2.24, 2.45) is 4.99 Å². The van der Waals surface area contributed by atoms with Crippen LogP contribution in [-0.2, 0) is 19.4 Å². The Hall–Kier alpha value is -4.06. The molecule has 0 saturated carbocycles. The Morgan fingerprint density at radius 2 is 1.91 bits per heavy atom. The number of nitrogens with one attached hydrogen (secondary N) is 1. The number of thiophene rings is 1. The van der Waals surface area contributed by atoms with Gasteiger partial charge in [0.15, 0.2) is 0 Å². The number of rotatable bonds is 7. The van der Waals surface area contributed by atoms with E-state index in [1.54, 1.807) is 12.1 Å². The molecule has 3 aromatic rings. The van der Waals surface area contributed by atoms with Crippen molar-refractivity contribution < 1.29 is 24.2 Å². The lowest BCUT2D eigenvalue weighted by Crippen LogP contribution is -2.23. The van der Waals surface area contributed by atoms with Crippen molar-refractivity contribution in [1.29, 1.82) is 0 Å². The second kappa shape index (κ2) is 9.20. The quantitative estimate of drug-likeness (QED) is 0.293. The Balaban J connectivity index is 1.69. The van der Waals surface area contributed by atoms with Gasteiger partial charge in [-0.3, -0.25) is 25.0 Å². The standard InChI is InChI=1S/C21H18N4O7S/c26-19-15(24(28)29)8-12(9-16(19)25(30)31)10-23-21-18(14-5-1-2-6-17(14)33-21)20(27)22-11-13-4-3-7-32-13/h3-4,7-10,26H,1-2,5-6,11H2,(H,22,27). The number of phenolic OH excluding ortho intramolecular Hbond substituents is 1. The van der Waals surface area contributed by atoms with E-state index in [2.05, 4.69) is 10.3 Å². The molecule has 0 aliphatic heterocycles. The fourth-order valence-electron chi connectivity index (χ4n) is 3.66. The van der Waals surface area contributed by atoms with Crippen molar-refractivity contribution in [3.63, 3.8) is 0 Å². The topological polar surface area (TPSA) is 161 Å². The van der Waals surface area contributed by atoms with Crippen LogP contribution in [0.4, 0.5) is 16.4 Å². The number of amides is 1. The van der Waals surface area contributed by atoms with Crippen LogP contribution < -0.4 is 5.32 Å².